The fraction of sp³-hybridized carbons (Fsp3) is 0. The fourth-order valence-electron chi connectivity index (χ4n) is 8.81. The first kappa shape index (κ1) is 36.7. The van der Waals surface area contributed by atoms with E-state index in [1.807, 2.05) is 42.5 Å². The molecule has 8 aromatic carbocycles. The molecular weight excluding hydrogens is 755 g/mol. The summed E-state index contributed by atoms with van der Waals surface area (Å²) in [4.78, 5) is 10.3. The number of para-hydroxylation sites is 2. The zero-order chi connectivity index (χ0) is 41.4. The van der Waals surface area contributed by atoms with Crippen LogP contribution in [0.3, 0.4) is 0 Å². The van der Waals surface area contributed by atoms with E-state index in [4.69, 9.17) is 15.4 Å². The van der Waals surface area contributed by atoms with Gasteiger partial charge in [-0.2, -0.15) is 0 Å². The lowest BCUT2D eigenvalue weighted by Gasteiger charge is -2.29. The molecule has 11 rings (SSSR count). The first-order valence-corrected chi connectivity index (χ1v) is 20.8. The largest absolute Gasteiger partial charge is 0.353 e. The molecule has 5 heteroatoms. The van der Waals surface area contributed by atoms with Crippen LogP contribution >= 0.6 is 0 Å². The molecule has 2 aromatic heterocycles. The van der Waals surface area contributed by atoms with Crippen LogP contribution in [0, 0.1) is 5.41 Å². The van der Waals surface area contributed by atoms with Gasteiger partial charge < -0.3 is 15.3 Å². The van der Waals surface area contributed by atoms with Gasteiger partial charge >= 0.3 is 0 Å². The van der Waals surface area contributed by atoms with Gasteiger partial charge in [0, 0.05) is 56.1 Å². The normalized spacial score (nSPS) is 13.2. The lowest BCUT2D eigenvalue weighted by Crippen LogP contribution is -2.21. The summed E-state index contributed by atoms with van der Waals surface area (Å²) in [6.07, 6.45) is 1.46. The molecule has 0 unspecified atom stereocenters. The number of hydrogen-bond donors (Lipinski definition) is 2. The zero-order valence-corrected chi connectivity index (χ0v) is 33.7. The maximum absolute atomic E-state index is 8.55. The second kappa shape index (κ2) is 15.6. The summed E-state index contributed by atoms with van der Waals surface area (Å²) in [5.74, 6) is 0.674. The molecule has 0 saturated carbocycles. The standard InChI is InChI=1S/C57H39N5/c58-37-49(38-16-4-1-5-17-38)56-48-25-11-10-24-47(48)54(55(61-56)42-18-6-2-7-19-42)41-30-28-39(29-31-41)50-36-51(60-57(59-50)43-20-8-3-9-21-43)40-32-34-44(35-33-40)62-52-26-14-12-22-45(52)46-23-13-15-27-53(46)62/h1-37,58,61H/b56-49+,58-37?. The number of benzene rings is 8. The minimum Gasteiger partial charge on any atom is -0.353 e. The second-order valence-corrected chi connectivity index (χ2v) is 15.4. The van der Waals surface area contributed by atoms with Crippen molar-refractivity contribution in [2.75, 3.05) is 0 Å². The quantitative estimate of drug-likeness (QED) is 0.151. The zero-order valence-electron chi connectivity index (χ0n) is 33.7. The van der Waals surface area contributed by atoms with Gasteiger partial charge in [-0.1, -0.05) is 188 Å². The van der Waals surface area contributed by atoms with Gasteiger partial charge in [-0.3, -0.25) is 0 Å². The maximum atomic E-state index is 8.55. The monoisotopic (exact) mass is 793 g/mol. The van der Waals surface area contributed by atoms with Crippen molar-refractivity contribution in [3.05, 3.63) is 246 Å². The van der Waals surface area contributed by atoms with Gasteiger partial charge in [0.15, 0.2) is 5.82 Å². The highest BCUT2D eigenvalue weighted by atomic mass is 15.0. The van der Waals surface area contributed by atoms with Crippen LogP contribution in [0.15, 0.2) is 218 Å². The number of nitrogens with zero attached hydrogens (tertiary/aromatic N) is 3. The Bertz CT molecular complexity index is 3290. The molecule has 292 valence electrons. The molecule has 10 aromatic rings. The van der Waals surface area contributed by atoms with Gasteiger partial charge in [0.1, 0.15) is 0 Å². The summed E-state index contributed by atoms with van der Waals surface area (Å²) in [5, 5.41) is 14.9. The Labute approximate surface area is 360 Å². The van der Waals surface area contributed by atoms with E-state index >= 15 is 0 Å². The van der Waals surface area contributed by atoms with E-state index in [1.165, 1.54) is 28.0 Å². The summed E-state index contributed by atoms with van der Waals surface area (Å²) < 4.78 is 2.34. The van der Waals surface area contributed by atoms with Crippen LogP contribution < -0.4 is 5.32 Å². The average Bonchev–Trinajstić information content (AvgIpc) is 3.69. The third kappa shape index (κ3) is 6.49. The minimum absolute atomic E-state index is 0.674. The predicted octanol–water partition coefficient (Wildman–Crippen LogP) is 13.6. The van der Waals surface area contributed by atoms with Crippen molar-refractivity contribution in [1.29, 1.82) is 5.41 Å². The number of nitrogens with one attached hydrogen (secondary N) is 2. The van der Waals surface area contributed by atoms with Gasteiger partial charge in [0.2, 0.25) is 0 Å². The second-order valence-electron chi connectivity index (χ2n) is 15.4. The smallest absolute Gasteiger partial charge is 0.160 e. The Kier molecular flexibility index (Phi) is 9.25. The van der Waals surface area contributed by atoms with Crippen LogP contribution in [0.4, 0.5) is 0 Å². The summed E-state index contributed by atoms with van der Waals surface area (Å²) in [6.45, 7) is 0. The van der Waals surface area contributed by atoms with Crippen molar-refractivity contribution in [2.45, 2.75) is 0 Å². The summed E-state index contributed by atoms with van der Waals surface area (Å²) >= 11 is 0. The highest BCUT2D eigenvalue weighted by Gasteiger charge is 2.26. The third-order valence-corrected chi connectivity index (χ3v) is 11.8. The lowest BCUT2D eigenvalue weighted by molar-refractivity contribution is 1.17. The highest BCUT2D eigenvalue weighted by molar-refractivity contribution is 6.21. The molecule has 5 nitrogen and oxygen atoms in total. The molecule has 0 bridgehead atoms. The van der Waals surface area contributed by atoms with Crippen LogP contribution in [-0.2, 0) is 0 Å². The highest BCUT2D eigenvalue weighted by Crippen LogP contribution is 2.42. The Hall–Kier alpha value is -8.41. The van der Waals surface area contributed by atoms with Crippen molar-refractivity contribution in [2.24, 2.45) is 0 Å². The minimum atomic E-state index is 0.674. The van der Waals surface area contributed by atoms with E-state index in [2.05, 4.69) is 186 Å². The van der Waals surface area contributed by atoms with Crippen molar-refractivity contribution >= 4 is 50.6 Å². The molecular formula is C57H39N5. The van der Waals surface area contributed by atoms with Crippen molar-refractivity contribution in [3.8, 4) is 39.6 Å². The van der Waals surface area contributed by atoms with Gasteiger partial charge in [-0.25, -0.2) is 9.97 Å². The Morgan fingerprint density at radius 1 is 0.452 bits per heavy atom. The van der Waals surface area contributed by atoms with E-state index in [-0.39, 0.29) is 0 Å². The van der Waals surface area contributed by atoms with Crippen molar-refractivity contribution in [3.63, 3.8) is 0 Å². The fourth-order valence-corrected chi connectivity index (χ4v) is 8.81. The molecule has 0 amide bonds. The SMILES string of the molecule is N=C/C(=C1\NC(c2ccccc2)=C(c2ccc(-c3cc(-c4ccc(-n5c6ccccc6c6ccccc65)cc4)nc(-c4ccccc4)n3)cc2)c2ccccc21)c1ccccc1. The van der Waals surface area contributed by atoms with Gasteiger partial charge in [0.25, 0.3) is 0 Å². The maximum Gasteiger partial charge on any atom is 0.160 e. The Morgan fingerprint density at radius 2 is 0.935 bits per heavy atom. The number of rotatable bonds is 8. The molecule has 0 radical (unpaired) electrons. The molecule has 0 fully saturated rings. The summed E-state index contributed by atoms with van der Waals surface area (Å²) in [7, 11) is 0. The topological polar surface area (TPSA) is 66.6 Å². The van der Waals surface area contributed by atoms with Crippen LogP contribution in [-0.4, -0.2) is 20.7 Å². The molecule has 2 N–H and O–H groups in total. The first-order chi connectivity index (χ1) is 30.7. The Balaban J connectivity index is 1.01. The lowest BCUT2D eigenvalue weighted by atomic mass is 9.84. The van der Waals surface area contributed by atoms with Crippen LogP contribution in [0.1, 0.15) is 27.8 Å². The molecule has 0 atom stereocenters. The molecule has 0 aliphatic carbocycles. The number of fused-ring (bicyclic) bond motifs is 4. The van der Waals surface area contributed by atoms with Crippen LogP contribution in [0.2, 0.25) is 0 Å². The van der Waals surface area contributed by atoms with Crippen molar-refractivity contribution in [1.82, 2.24) is 19.9 Å². The number of allylic oxidation sites excluding steroid dienone is 1. The molecule has 1 aliphatic rings. The van der Waals surface area contributed by atoms with Gasteiger partial charge in [-0.15, -0.1) is 0 Å². The number of aromatic nitrogens is 3. The van der Waals surface area contributed by atoms with Crippen molar-refractivity contribution < 1.29 is 0 Å². The van der Waals surface area contributed by atoms with Crippen LogP contribution in [0.5, 0.6) is 0 Å². The van der Waals surface area contributed by atoms with Gasteiger partial charge in [-0.05, 0) is 52.6 Å². The predicted molar refractivity (Wildman–Crippen MR) is 257 cm³/mol. The Morgan fingerprint density at radius 3 is 1.53 bits per heavy atom. The summed E-state index contributed by atoms with van der Waals surface area (Å²) in [5.41, 5.74) is 17.2. The van der Waals surface area contributed by atoms with E-state index < -0.39 is 0 Å². The third-order valence-electron chi connectivity index (χ3n) is 11.8. The molecule has 62 heavy (non-hydrogen) atoms. The van der Waals surface area contributed by atoms with E-state index in [0.717, 1.165) is 84.1 Å². The van der Waals surface area contributed by atoms with E-state index in [9.17, 15) is 0 Å². The van der Waals surface area contributed by atoms with E-state index in [0.29, 0.717) is 5.82 Å². The molecule has 3 heterocycles. The molecule has 0 saturated heterocycles. The number of hydrogen-bond acceptors (Lipinski definition) is 4. The first-order valence-electron chi connectivity index (χ1n) is 20.8. The van der Waals surface area contributed by atoms with Crippen LogP contribution in [0.25, 0.3) is 83.9 Å². The average molecular weight is 794 g/mol. The summed E-state index contributed by atoms with van der Waals surface area (Å²) in [6, 6.07) is 76.0. The molecule has 0 spiro atoms. The molecule has 1 aliphatic heterocycles. The van der Waals surface area contributed by atoms with E-state index in [1.54, 1.807) is 0 Å². The van der Waals surface area contributed by atoms with Gasteiger partial charge in [0.05, 0.1) is 33.8 Å².